The molecular formula is H2FNS3. The van der Waals surface area contributed by atoms with E-state index >= 15 is 0 Å². The van der Waals surface area contributed by atoms with Crippen molar-refractivity contribution in [2.24, 2.45) is 0 Å². The van der Waals surface area contributed by atoms with Crippen LogP contribution in [0.3, 0.4) is 0 Å². The normalized spacial score (nSPS) is 14.8. The van der Waals surface area contributed by atoms with Crippen LogP contribution in [-0.4, -0.2) is 0 Å². The van der Waals surface area contributed by atoms with Crippen molar-refractivity contribution >= 4 is 34.0 Å². The second kappa shape index (κ2) is 3.02. The quantitative estimate of drug-likeness (QED) is 0.392. The molecule has 0 spiro atoms. The summed E-state index contributed by atoms with van der Waals surface area (Å²) in [4.78, 5) is 0. The van der Waals surface area contributed by atoms with Gasteiger partial charge in [-0.3, -0.25) is 0 Å². The number of hydrogen-bond donors (Lipinski definition) is 2. The van der Waals surface area contributed by atoms with E-state index in [9.17, 15) is 3.89 Å². The van der Waals surface area contributed by atoms with Crippen LogP contribution in [0.5, 0.6) is 0 Å². The van der Waals surface area contributed by atoms with Crippen molar-refractivity contribution in [3.63, 3.8) is 0 Å². The summed E-state index contributed by atoms with van der Waals surface area (Å²) in [6.45, 7) is 0. The fraction of sp³-hybridized carbons (Fsp3) is 0. The van der Waals surface area contributed by atoms with Crippen molar-refractivity contribution in [3.05, 3.63) is 0 Å². The molecule has 5 heteroatoms. The minimum atomic E-state index is -1.63. The van der Waals surface area contributed by atoms with Crippen LogP contribution in [0.25, 0.3) is 0 Å². The van der Waals surface area contributed by atoms with Gasteiger partial charge in [0.2, 0.25) is 0 Å². The van der Waals surface area contributed by atoms with Crippen molar-refractivity contribution in [1.29, 1.82) is 0 Å². The van der Waals surface area contributed by atoms with Gasteiger partial charge in [-0.2, -0.15) is 4.13 Å². The van der Waals surface area contributed by atoms with Crippen molar-refractivity contribution in [2.75, 3.05) is 0 Å². The van der Waals surface area contributed by atoms with E-state index in [0.717, 1.165) is 0 Å². The Hall–Kier alpha value is 0.810. The minimum Gasteiger partial charge on any atom is -0.181 e. The lowest BCUT2D eigenvalue weighted by molar-refractivity contribution is 0.925. The van der Waals surface area contributed by atoms with Gasteiger partial charge in [0.05, 0.1) is 0 Å². The second-order valence-electron chi connectivity index (χ2n) is 0.315. The van der Waals surface area contributed by atoms with E-state index in [1.54, 1.807) is 0 Å². The first-order valence-corrected chi connectivity index (χ1v) is 3.25. The minimum absolute atomic E-state index is 1.63. The first-order valence-electron chi connectivity index (χ1n) is 0.749. The average Bonchev–Trinajstić information content (AvgIpc) is 1.38. The number of thiol groups is 1. The molecule has 0 saturated heterocycles. The number of halogens is 1. The van der Waals surface area contributed by atoms with Crippen molar-refractivity contribution < 1.29 is 3.89 Å². The van der Waals surface area contributed by atoms with Crippen LogP contribution in [0, 0.1) is 0 Å². The van der Waals surface area contributed by atoms with Crippen LogP contribution in [0.15, 0.2) is 0 Å². The Kier molecular flexibility index (Phi) is 3.51. The van der Waals surface area contributed by atoms with Gasteiger partial charge in [0.15, 0.2) is 0 Å². The Bertz CT molecular complexity index is 42.2. The maximum absolute atomic E-state index is 11.1. The fourth-order valence-electron chi connectivity index (χ4n) is 0. The molecule has 0 bridgehead atoms. The highest BCUT2D eigenvalue weighted by atomic mass is 32.8. The standard InChI is InChI=1S/FH2NS3/c1-5(4)2-3/h2-3H. The van der Waals surface area contributed by atoms with Crippen molar-refractivity contribution in [1.82, 2.24) is 4.13 Å². The predicted molar refractivity (Wildman–Crippen MR) is 28.0 cm³/mol. The highest BCUT2D eigenvalue weighted by Crippen LogP contribution is 1.72. The lowest BCUT2D eigenvalue weighted by Crippen LogP contribution is -1.92. The molecular weight excluding hydrogens is 129 g/mol. The molecule has 0 fully saturated rings. The zero-order chi connectivity index (χ0) is 4.28. The molecule has 0 aliphatic carbocycles. The van der Waals surface area contributed by atoms with E-state index in [1.807, 2.05) is 4.13 Å². The van der Waals surface area contributed by atoms with Gasteiger partial charge in [-0.05, 0) is 0 Å². The molecule has 0 aromatic heterocycles. The molecule has 32 valence electrons. The Morgan fingerprint density at radius 2 is 2.20 bits per heavy atom. The summed E-state index contributed by atoms with van der Waals surface area (Å²) >= 11 is 7.25. The van der Waals surface area contributed by atoms with Gasteiger partial charge in [0.1, 0.15) is 10.0 Å². The maximum atomic E-state index is 11.1. The van der Waals surface area contributed by atoms with Crippen LogP contribution in [0.1, 0.15) is 0 Å². The second-order valence-corrected chi connectivity index (χ2v) is 2.37. The lowest BCUT2D eigenvalue weighted by Gasteiger charge is -1.77. The third-order valence-corrected chi connectivity index (χ3v) is 1.32. The third kappa shape index (κ3) is 4.81. The van der Waals surface area contributed by atoms with E-state index in [1.165, 1.54) is 0 Å². The Labute approximate surface area is 42.5 Å². The molecule has 1 nitrogen and oxygen atoms in total. The zero-order valence-corrected chi connectivity index (χ0v) is 4.67. The van der Waals surface area contributed by atoms with E-state index in [4.69, 9.17) is 0 Å². The summed E-state index contributed by atoms with van der Waals surface area (Å²) in [6.07, 6.45) is 0. The summed E-state index contributed by atoms with van der Waals surface area (Å²) in [5, 5.41) is 0. The molecule has 0 rings (SSSR count). The van der Waals surface area contributed by atoms with Crippen LogP contribution >= 0.6 is 12.8 Å². The summed E-state index contributed by atoms with van der Waals surface area (Å²) in [6, 6.07) is 0. The Balaban J connectivity index is 2.85. The van der Waals surface area contributed by atoms with Gasteiger partial charge in [0.25, 0.3) is 0 Å². The fourth-order valence-corrected chi connectivity index (χ4v) is 0. The van der Waals surface area contributed by atoms with Crippen LogP contribution in [0.2, 0.25) is 0 Å². The molecule has 1 N–H and O–H groups in total. The van der Waals surface area contributed by atoms with Crippen LogP contribution in [-0.2, 0) is 21.2 Å². The molecule has 1 atom stereocenters. The van der Waals surface area contributed by atoms with E-state index in [0.29, 0.717) is 0 Å². The van der Waals surface area contributed by atoms with E-state index in [2.05, 4.69) is 24.0 Å². The van der Waals surface area contributed by atoms with Crippen LogP contribution < -0.4 is 4.13 Å². The molecule has 0 radical (unpaired) electrons. The SMILES string of the molecule is FS(=S)NS. The summed E-state index contributed by atoms with van der Waals surface area (Å²) in [5.74, 6) is 0. The average molecular weight is 131 g/mol. The lowest BCUT2D eigenvalue weighted by atomic mass is 13.9. The first kappa shape index (κ1) is 5.81. The number of rotatable bonds is 1. The smallest absolute Gasteiger partial charge is 0.138 e. The summed E-state index contributed by atoms with van der Waals surface area (Å²) in [5.41, 5.74) is 0. The summed E-state index contributed by atoms with van der Waals surface area (Å²) < 4.78 is 13.0. The monoisotopic (exact) mass is 131 g/mol. The molecule has 0 aliphatic rings. The van der Waals surface area contributed by atoms with Gasteiger partial charge in [-0.25, -0.2) is 0 Å². The topological polar surface area (TPSA) is 12.0 Å². The van der Waals surface area contributed by atoms with Gasteiger partial charge in [-0.1, -0.05) is 12.8 Å². The van der Waals surface area contributed by atoms with Crippen LogP contribution in [0.4, 0.5) is 3.89 Å². The number of hydrogen-bond acceptors (Lipinski definition) is 2. The van der Waals surface area contributed by atoms with Gasteiger partial charge in [0, 0.05) is 11.2 Å². The molecule has 1 unspecified atom stereocenters. The van der Waals surface area contributed by atoms with Gasteiger partial charge < -0.3 is 0 Å². The summed E-state index contributed by atoms with van der Waals surface area (Å²) in [7, 11) is -1.63. The first-order chi connectivity index (χ1) is 2.27. The molecule has 0 amide bonds. The molecule has 0 aromatic carbocycles. The predicted octanol–water partition coefficient (Wildman–Crippen LogP) is 0.301. The Morgan fingerprint density at radius 3 is 2.20 bits per heavy atom. The third-order valence-electron chi connectivity index (χ3n) is 0.0718. The molecule has 5 heavy (non-hydrogen) atoms. The largest absolute Gasteiger partial charge is 0.181 e. The van der Waals surface area contributed by atoms with Crippen molar-refractivity contribution in [2.45, 2.75) is 0 Å². The molecule has 0 heterocycles. The number of nitrogens with one attached hydrogen (secondary N) is 1. The maximum Gasteiger partial charge on any atom is 0.138 e. The zero-order valence-electron chi connectivity index (χ0n) is 2.14. The molecule has 0 saturated carbocycles. The molecule has 0 aliphatic heterocycles. The van der Waals surface area contributed by atoms with Gasteiger partial charge in [-0.15, -0.1) is 3.89 Å². The molecule has 0 aromatic rings. The Morgan fingerprint density at radius 1 is 2.00 bits per heavy atom. The highest BCUT2D eigenvalue weighted by Gasteiger charge is 1.72. The van der Waals surface area contributed by atoms with Crippen molar-refractivity contribution in [3.8, 4) is 0 Å². The van der Waals surface area contributed by atoms with E-state index in [-0.39, 0.29) is 0 Å². The highest BCUT2D eigenvalue weighted by molar-refractivity contribution is 8.27. The van der Waals surface area contributed by atoms with Gasteiger partial charge >= 0.3 is 0 Å². The van der Waals surface area contributed by atoms with E-state index < -0.39 is 10.0 Å².